The number of hydrogen-bond acceptors (Lipinski definition) is 4. The van der Waals surface area contributed by atoms with Gasteiger partial charge in [-0.15, -0.1) is 0 Å². The van der Waals surface area contributed by atoms with Crippen LogP contribution in [0.1, 0.15) is 24.1 Å². The normalized spacial score (nSPS) is 23.0. The Hall–Kier alpha value is -1.46. The van der Waals surface area contributed by atoms with Crippen LogP contribution in [0.4, 0.5) is 0 Å². The second kappa shape index (κ2) is 7.88. The highest BCUT2D eigenvalue weighted by atomic mass is 16.5. The molecule has 2 fully saturated rings. The highest BCUT2D eigenvalue weighted by Crippen LogP contribution is 2.21. The molecule has 126 valence electrons. The van der Waals surface area contributed by atoms with E-state index in [1.165, 1.54) is 12.0 Å². The maximum atomic E-state index is 12.5. The minimum absolute atomic E-state index is 0.277. The summed E-state index contributed by atoms with van der Waals surface area (Å²) in [5.41, 5.74) is 2.34. The summed E-state index contributed by atoms with van der Waals surface area (Å²) < 4.78 is 5.35. The van der Waals surface area contributed by atoms with E-state index in [1.807, 2.05) is 13.1 Å². The lowest BCUT2D eigenvalue weighted by Crippen LogP contribution is -2.47. The van der Waals surface area contributed by atoms with Crippen molar-refractivity contribution in [3.05, 3.63) is 29.6 Å². The van der Waals surface area contributed by atoms with Gasteiger partial charge in [0.05, 0.1) is 19.8 Å². The number of rotatable bonds is 4. The molecule has 2 aliphatic heterocycles. The van der Waals surface area contributed by atoms with E-state index in [-0.39, 0.29) is 5.91 Å². The summed E-state index contributed by atoms with van der Waals surface area (Å²) in [7, 11) is 0. The average Bonchev–Trinajstić information content (AvgIpc) is 2.58. The van der Waals surface area contributed by atoms with Crippen LogP contribution in [0.15, 0.2) is 18.3 Å². The van der Waals surface area contributed by atoms with E-state index in [2.05, 4.69) is 26.9 Å². The van der Waals surface area contributed by atoms with E-state index >= 15 is 0 Å². The third kappa shape index (κ3) is 4.75. The first kappa shape index (κ1) is 16.4. The van der Waals surface area contributed by atoms with Gasteiger partial charge in [0.1, 0.15) is 0 Å². The molecule has 0 radical (unpaired) electrons. The second-order valence-electron chi connectivity index (χ2n) is 6.75. The quantitative estimate of drug-likeness (QED) is 0.844. The Bertz CT molecular complexity index is 512. The lowest BCUT2D eigenvalue weighted by molar-refractivity contribution is -0.135. The van der Waals surface area contributed by atoms with Gasteiger partial charge in [-0.25, -0.2) is 0 Å². The average molecular weight is 317 g/mol. The molecule has 0 bridgehead atoms. The Kier molecular flexibility index (Phi) is 5.62. The van der Waals surface area contributed by atoms with Gasteiger partial charge in [-0.2, -0.15) is 0 Å². The van der Waals surface area contributed by atoms with Gasteiger partial charge in [-0.05, 0) is 43.7 Å². The molecule has 5 nitrogen and oxygen atoms in total. The van der Waals surface area contributed by atoms with E-state index in [4.69, 9.17) is 4.74 Å². The minimum atomic E-state index is 0.277. The van der Waals surface area contributed by atoms with Gasteiger partial charge in [-0.3, -0.25) is 14.7 Å². The van der Waals surface area contributed by atoms with E-state index in [9.17, 15) is 4.79 Å². The highest BCUT2D eigenvalue weighted by molar-refractivity contribution is 5.78. The number of hydrogen-bond donors (Lipinski definition) is 0. The number of ether oxygens (including phenoxy) is 1. The monoisotopic (exact) mass is 317 g/mol. The Morgan fingerprint density at radius 1 is 1.30 bits per heavy atom. The van der Waals surface area contributed by atoms with Crippen molar-refractivity contribution in [1.82, 2.24) is 14.8 Å². The molecule has 0 spiro atoms. The zero-order chi connectivity index (χ0) is 16.1. The first-order valence-electron chi connectivity index (χ1n) is 8.70. The zero-order valence-corrected chi connectivity index (χ0v) is 14.0. The van der Waals surface area contributed by atoms with Crippen molar-refractivity contribution >= 4 is 5.91 Å². The maximum Gasteiger partial charge on any atom is 0.236 e. The van der Waals surface area contributed by atoms with Gasteiger partial charge in [0.2, 0.25) is 5.91 Å². The summed E-state index contributed by atoms with van der Waals surface area (Å²) in [6.45, 7) is 7.59. The Balaban J connectivity index is 1.50. The SMILES string of the molecule is Cc1ccc(CC2CCCN(C(=O)CN3CCOCC3)C2)cn1. The van der Waals surface area contributed by atoms with Crippen molar-refractivity contribution in [3.63, 3.8) is 0 Å². The molecule has 0 N–H and O–H groups in total. The van der Waals surface area contributed by atoms with E-state index in [0.29, 0.717) is 12.5 Å². The van der Waals surface area contributed by atoms with Crippen LogP contribution in [-0.2, 0) is 16.0 Å². The first-order valence-corrected chi connectivity index (χ1v) is 8.70. The molecule has 0 aliphatic carbocycles. The summed E-state index contributed by atoms with van der Waals surface area (Å²) in [5.74, 6) is 0.834. The van der Waals surface area contributed by atoms with Crippen LogP contribution in [0.25, 0.3) is 0 Å². The van der Waals surface area contributed by atoms with Crippen molar-refractivity contribution in [2.24, 2.45) is 5.92 Å². The largest absolute Gasteiger partial charge is 0.379 e. The van der Waals surface area contributed by atoms with Gasteiger partial charge < -0.3 is 9.64 Å². The first-order chi connectivity index (χ1) is 11.2. The molecule has 1 amide bonds. The van der Waals surface area contributed by atoms with Crippen molar-refractivity contribution in [2.75, 3.05) is 45.9 Å². The van der Waals surface area contributed by atoms with Crippen LogP contribution in [0, 0.1) is 12.8 Å². The van der Waals surface area contributed by atoms with E-state index in [0.717, 1.165) is 57.9 Å². The molecular formula is C18H27N3O2. The van der Waals surface area contributed by atoms with Gasteiger partial charge in [0.15, 0.2) is 0 Å². The van der Waals surface area contributed by atoms with E-state index < -0.39 is 0 Å². The fourth-order valence-electron chi connectivity index (χ4n) is 3.46. The summed E-state index contributed by atoms with van der Waals surface area (Å²) >= 11 is 0. The van der Waals surface area contributed by atoms with Gasteiger partial charge in [-0.1, -0.05) is 6.07 Å². The fourth-order valence-corrected chi connectivity index (χ4v) is 3.46. The number of pyridine rings is 1. The van der Waals surface area contributed by atoms with Crippen molar-refractivity contribution in [3.8, 4) is 0 Å². The lowest BCUT2D eigenvalue weighted by atomic mass is 9.91. The molecule has 5 heteroatoms. The summed E-state index contributed by atoms with van der Waals surface area (Å²) in [5, 5.41) is 0. The van der Waals surface area contributed by atoms with Gasteiger partial charge in [0, 0.05) is 38.1 Å². The van der Waals surface area contributed by atoms with Crippen LogP contribution >= 0.6 is 0 Å². The standard InChI is InChI=1S/C18H27N3O2/c1-15-4-5-16(12-19-15)11-17-3-2-6-21(13-17)18(22)14-20-7-9-23-10-8-20/h4-5,12,17H,2-3,6-11,13-14H2,1H3. The van der Waals surface area contributed by atoms with Crippen LogP contribution in [-0.4, -0.2) is 66.6 Å². The van der Waals surface area contributed by atoms with Gasteiger partial charge in [0.25, 0.3) is 0 Å². The zero-order valence-electron chi connectivity index (χ0n) is 14.0. The topological polar surface area (TPSA) is 45.7 Å². The number of likely N-dealkylation sites (tertiary alicyclic amines) is 1. The highest BCUT2D eigenvalue weighted by Gasteiger charge is 2.25. The van der Waals surface area contributed by atoms with Crippen molar-refractivity contribution in [2.45, 2.75) is 26.2 Å². The molecule has 1 atom stereocenters. The molecule has 3 rings (SSSR count). The van der Waals surface area contributed by atoms with Gasteiger partial charge >= 0.3 is 0 Å². The molecule has 3 heterocycles. The molecule has 1 unspecified atom stereocenters. The fraction of sp³-hybridized carbons (Fsp3) is 0.667. The molecule has 0 aromatic carbocycles. The van der Waals surface area contributed by atoms with Crippen LogP contribution in [0.3, 0.4) is 0 Å². The van der Waals surface area contributed by atoms with Crippen LogP contribution in [0.5, 0.6) is 0 Å². The molecular weight excluding hydrogens is 290 g/mol. The lowest BCUT2D eigenvalue weighted by Gasteiger charge is -2.35. The predicted octanol–water partition coefficient (Wildman–Crippen LogP) is 1.50. The molecule has 2 saturated heterocycles. The third-order valence-electron chi connectivity index (χ3n) is 4.83. The van der Waals surface area contributed by atoms with E-state index in [1.54, 1.807) is 0 Å². The Labute approximate surface area is 138 Å². The number of carbonyl (C=O) groups is 1. The minimum Gasteiger partial charge on any atom is -0.379 e. The molecule has 23 heavy (non-hydrogen) atoms. The maximum absolute atomic E-state index is 12.5. The Morgan fingerprint density at radius 3 is 2.87 bits per heavy atom. The number of carbonyl (C=O) groups excluding carboxylic acids is 1. The molecule has 2 aliphatic rings. The number of morpholine rings is 1. The Morgan fingerprint density at radius 2 is 2.13 bits per heavy atom. The molecule has 1 aromatic rings. The smallest absolute Gasteiger partial charge is 0.236 e. The van der Waals surface area contributed by atoms with Crippen molar-refractivity contribution < 1.29 is 9.53 Å². The number of aryl methyl sites for hydroxylation is 1. The summed E-state index contributed by atoms with van der Waals surface area (Å²) in [4.78, 5) is 21.2. The van der Waals surface area contributed by atoms with Crippen LogP contribution in [0.2, 0.25) is 0 Å². The van der Waals surface area contributed by atoms with Crippen LogP contribution < -0.4 is 0 Å². The molecule has 1 aromatic heterocycles. The number of piperidine rings is 1. The number of nitrogens with zero attached hydrogens (tertiary/aromatic N) is 3. The third-order valence-corrected chi connectivity index (χ3v) is 4.83. The summed E-state index contributed by atoms with van der Waals surface area (Å²) in [6, 6.07) is 4.23. The predicted molar refractivity (Wildman–Crippen MR) is 89.2 cm³/mol. The number of aromatic nitrogens is 1. The summed E-state index contributed by atoms with van der Waals surface area (Å²) in [6.07, 6.45) is 5.31. The second-order valence-corrected chi connectivity index (χ2v) is 6.75. The van der Waals surface area contributed by atoms with Crippen molar-refractivity contribution in [1.29, 1.82) is 0 Å². The molecule has 0 saturated carbocycles. The number of amides is 1.